The average Bonchev–Trinajstić information content (AvgIpc) is 2.91. The number of aromatic nitrogens is 1. The second-order valence-electron chi connectivity index (χ2n) is 12.6. The third-order valence-electron chi connectivity index (χ3n) is 8.46. The lowest BCUT2D eigenvalue weighted by molar-refractivity contribution is -0.138. The highest BCUT2D eigenvalue weighted by Gasteiger charge is 2.30. The van der Waals surface area contributed by atoms with E-state index in [0.717, 1.165) is 33.4 Å². The quantitative estimate of drug-likeness (QED) is 0.249. The van der Waals surface area contributed by atoms with Gasteiger partial charge in [0.15, 0.2) is 0 Å². The maximum absolute atomic E-state index is 15.7. The molecule has 1 saturated heterocycles. The summed E-state index contributed by atoms with van der Waals surface area (Å²) in [6, 6.07) is 8.60. The van der Waals surface area contributed by atoms with Crippen LogP contribution in [0.2, 0.25) is 0 Å². The molecule has 1 amide bonds. The van der Waals surface area contributed by atoms with Crippen LogP contribution in [-0.2, 0) is 16.0 Å². The molecule has 244 valence electrons. The van der Waals surface area contributed by atoms with Crippen molar-refractivity contribution in [1.29, 1.82) is 0 Å². The minimum Gasteiger partial charge on any atom is -0.481 e. The molecule has 1 aliphatic heterocycles. The maximum atomic E-state index is 15.7. The molecule has 10 heteroatoms. The Morgan fingerprint density at radius 3 is 2.24 bits per heavy atom. The fourth-order valence-electron chi connectivity index (χ4n) is 6.10. The number of carbonyl (C=O) groups is 2. The number of aryl methyl sites for hydroxylation is 4. The van der Waals surface area contributed by atoms with E-state index in [4.69, 9.17) is 0 Å². The summed E-state index contributed by atoms with van der Waals surface area (Å²) in [5.41, 5.74) is 5.37. The van der Waals surface area contributed by atoms with Gasteiger partial charge in [0.05, 0.1) is 12.5 Å². The smallest absolute Gasteiger partial charge is 0.305 e. The zero-order valence-electron chi connectivity index (χ0n) is 26.9. The van der Waals surface area contributed by atoms with E-state index in [1.807, 2.05) is 57.7 Å². The highest BCUT2D eigenvalue weighted by atomic mass is 32.1. The minimum atomic E-state index is -1.19. The number of nitrogens with zero attached hydrogens (tertiary/aromatic N) is 2. The van der Waals surface area contributed by atoms with Crippen LogP contribution in [0.1, 0.15) is 72.2 Å². The van der Waals surface area contributed by atoms with Crippen molar-refractivity contribution in [1.82, 2.24) is 14.8 Å². The Kier molecular flexibility index (Phi) is 12.1. The molecule has 1 fully saturated rings. The molecule has 1 aliphatic rings. The molecule has 4 rings (SSSR count). The van der Waals surface area contributed by atoms with Crippen LogP contribution in [0.3, 0.4) is 0 Å². The lowest BCUT2D eigenvalue weighted by Crippen LogP contribution is -2.49. The molecule has 3 aromatic rings. The fourth-order valence-corrected chi connectivity index (χ4v) is 6.10. The van der Waals surface area contributed by atoms with Gasteiger partial charge in [-0.3, -0.25) is 19.3 Å². The maximum Gasteiger partial charge on any atom is 0.305 e. The van der Waals surface area contributed by atoms with Crippen molar-refractivity contribution in [2.24, 2.45) is 5.92 Å². The van der Waals surface area contributed by atoms with E-state index in [1.54, 1.807) is 25.3 Å². The number of carboxylic acids is 1. The lowest BCUT2D eigenvalue weighted by Gasteiger charge is -2.34. The Morgan fingerprint density at radius 2 is 1.67 bits per heavy atom. The Balaban J connectivity index is 0.00000552. The predicted octanol–water partition coefficient (Wildman–Crippen LogP) is 6.12. The van der Waals surface area contributed by atoms with E-state index >= 15 is 4.39 Å². The van der Waals surface area contributed by atoms with Gasteiger partial charge in [-0.25, -0.2) is 8.78 Å². The first-order chi connectivity index (χ1) is 20.7. The molecule has 0 aliphatic carbocycles. The molecule has 1 unspecified atom stereocenters. The van der Waals surface area contributed by atoms with Crippen LogP contribution in [0.25, 0.3) is 11.1 Å². The number of benzene rings is 2. The summed E-state index contributed by atoms with van der Waals surface area (Å²) in [4.78, 5) is 41.2. The van der Waals surface area contributed by atoms with Crippen molar-refractivity contribution in [2.75, 3.05) is 19.6 Å². The van der Waals surface area contributed by atoms with Gasteiger partial charge < -0.3 is 15.0 Å². The van der Waals surface area contributed by atoms with Crippen LogP contribution in [0, 0.1) is 39.4 Å². The van der Waals surface area contributed by atoms with Gasteiger partial charge in [-0.1, -0.05) is 32.0 Å². The van der Waals surface area contributed by atoms with Crippen LogP contribution in [-0.4, -0.2) is 52.3 Å². The van der Waals surface area contributed by atoms with Gasteiger partial charge in [0.1, 0.15) is 18.0 Å². The summed E-state index contributed by atoms with van der Waals surface area (Å²) >= 11 is 0. The highest BCUT2D eigenvalue weighted by molar-refractivity contribution is 7.59. The van der Waals surface area contributed by atoms with Crippen LogP contribution in [0.15, 0.2) is 47.4 Å². The Morgan fingerprint density at radius 1 is 1.02 bits per heavy atom. The van der Waals surface area contributed by atoms with E-state index in [0.29, 0.717) is 38.0 Å². The third-order valence-corrected chi connectivity index (χ3v) is 8.46. The fraction of sp³-hybridized carbons (Fsp3) is 0.457. The molecule has 2 aromatic carbocycles. The number of halogens is 2. The van der Waals surface area contributed by atoms with E-state index in [-0.39, 0.29) is 30.5 Å². The predicted molar refractivity (Wildman–Crippen MR) is 179 cm³/mol. The van der Waals surface area contributed by atoms with E-state index in [1.165, 1.54) is 10.6 Å². The summed E-state index contributed by atoms with van der Waals surface area (Å²) in [7, 11) is 0. The first-order valence-electron chi connectivity index (χ1n) is 15.2. The van der Waals surface area contributed by atoms with Crippen LogP contribution < -0.4 is 10.9 Å². The largest absolute Gasteiger partial charge is 0.481 e. The van der Waals surface area contributed by atoms with Crippen molar-refractivity contribution in [3.63, 3.8) is 0 Å². The number of pyridine rings is 1. The number of amides is 1. The van der Waals surface area contributed by atoms with Gasteiger partial charge in [-0.15, -0.1) is 0 Å². The number of carbonyl (C=O) groups excluding carboxylic acids is 1. The van der Waals surface area contributed by atoms with Gasteiger partial charge in [-0.2, -0.15) is 13.5 Å². The molecular weight excluding hydrogens is 596 g/mol. The highest BCUT2D eigenvalue weighted by Crippen LogP contribution is 2.33. The normalized spacial score (nSPS) is 14.9. The summed E-state index contributed by atoms with van der Waals surface area (Å²) in [6.45, 7) is 12.7. The second-order valence-corrected chi connectivity index (χ2v) is 12.6. The van der Waals surface area contributed by atoms with Crippen LogP contribution in [0.4, 0.5) is 8.78 Å². The summed E-state index contributed by atoms with van der Waals surface area (Å²) < 4.78 is 30.4. The molecule has 2 N–H and O–H groups in total. The first-order valence-corrected chi connectivity index (χ1v) is 15.2. The van der Waals surface area contributed by atoms with Crippen molar-refractivity contribution >= 4 is 25.4 Å². The lowest BCUT2D eigenvalue weighted by atomic mass is 9.90. The first kappa shape index (κ1) is 36.0. The van der Waals surface area contributed by atoms with Gasteiger partial charge in [0.2, 0.25) is 5.91 Å². The summed E-state index contributed by atoms with van der Waals surface area (Å²) in [6.07, 6.45) is 1.25. The number of likely N-dealkylation sites (tertiary alicyclic amines) is 1. The molecule has 0 bridgehead atoms. The van der Waals surface area contributed by atoms with Crippen molar-refractivity contribution in [3.8, 4) is 11.1 Å². The molecule has 2 heterocycles. The van der Waals surface area contributed by atoms with Gasteiger partial charge in [-0.05, 0) is 97.5 Å². The zero-order valence-corrected chi connectivity index (χ0v) is 27.9. The van der Waals surface area contributed by atoms with Crippen molar-refractivity contribution in [3.05, 3.63) is 92.1 Å². The summed E-state index contributed by atoms with van der Waals surface area (Å²) in [5, 5.41) is 12.6. The third kappa shape index (κ3) is 8.61. The number of nitrogens with one attached hydrogen (secondary N) is 1. The molecular formula is C35H45F2N3O4S. The Labute approximate surface area is 271 Å². The number of hydrogen-bond acceptors (Lipinski definition) is 4. The molecule has 0 saturated carbocycles. The van der Waals surface area contributed by atoms with E-state index in [9.17, 15) is 23.9 Å². The minimum absolute atomic E-state index is 0. The monoisotopic (exact) mass is 641 g/mol. The number of hydrogen-bond donors (Lipinski definition) is 2. The SMILES string of the molecule is Cc1cc(=O)n(C(CC(C)C)C(=O)N[C@@H](CC(=O)O)c2cc(-c3c(C)cccc3C)cc(C)c2F)cc1CCN1CC(F)C1.S. The number of aliphatic carboxylic acids is 1. The summed E-state index contributed by atoms with van der Waals surface area (Å²) in [5.74, 6) is -2.31. The number of carboxylic acid groups (broad SMARTS) is 1. The van der Waals surface area contributed by atoms with Gasteiger partial charge in [0, 0.05) is 37.5 Å². The standard InChI is InChI=1S/C35H43F2N3O4.H2S/c1-20(2)12-30(40-17-25(23(5)14-31(40)41)10-11-39-18-27(36)19-39)35(44)38-29(16-32(42)43)28-15-26(13-24(6)34(28)37)33-21(3)8-7-9-22(33)4;/h7-9,13-15,17,20,27,29-30H,10-12,16,18-19H2,1-6H3,(H,38,44)(H,42,43);1H2/t29-,30?;/m0./s1. The van der Waals surface area contributed by atoms with Gasteiger partial charge in [0.25, 0.3) is 5.56 Å². The van der Waals surface area contributed by atoms with Crippen molar-refractivity contribution < 1.29 is 23.5 Å². The number of alkyl halides is 1. The van der Waals surface area contributed by atoms with E-state index < -0.39 is 42.4 Å². The van der Waals surface area contributed by atoms with Crippen LogP contribution in [0.5, 0.6) is 0 Å². The zero-order chi connectivity index (χ0) is 32.3. The second kappa shape index (κ2) is 15.2. The van der Waals surface area contributed by atoms with E-state index in [2.05, 4.69) is 5.32 Å². The Bertz CT molecular complexity index is 1580. The molecule has 45 heavy (non-hydrogen) atoms. The topological polar surface area (TPSA) is 91.6 Å². The Hall–Kier alpha value is -3.50. The molecule has 2 atom stereocenters. The van der Waals surface area contributed by atoms with Crippen LogP contribution >= 0.6 is 13.5 Å². The molecule has 7 nitrogen and oxygen atoms in total. The van der Waals surface area contributed by atoms with Gasteiger partial charge >= 0.3 is 5.97 Å². The number of rotatable bonds is 12. The average molecular weight is 642 g/mol. The molecule has 0 radical (unpaired) electrons. The molecule has 0 spiro atoms. The molecule has 1 aromatic heterocycles. The van der Waals surface area contributed by atoms with Crippen molar-refractivity contribution in [2.45, 2.75) is 79.1 Å².